The number of alkyl halides is 2. The van der Waals surface area contributed by atoms with Gasteiger partial charge in [-0.3, -0.25) is 19.2 Å². The highest BCUT2D eigenvalue weighted by molar-refractivity contribution is 9.12. The number of ketones is 1. The third-order valence-corrected chi connectivity index (χ3v) is 9.51. The van der Waals surface area contributed by atoms with Gasteiger partial charge < -0.3 is 0 Å². The van der Waals surface area contributed by atoms with Crippen LogP contribution < -0.4 is 0 Å². The van der Waals surface area contributed by atoms with Crippen LogP contribution in [0.15, 0.2) is 42.5 Å². The molecule has 4 atom stereocenters. The second kappa shape index (κ2) is 10.3. The Morgan fingerprint density at radius 1 is 0.882 bits per heavy atom. The highest BCUT2D eigenvalue weighted by Gasteiger charge is 2.54. The summed E-state index contributed by atoms with van der Waals surface area (Å²) < 4.78 is 0. The van der Waals surface area contributed by atoms with Gasteiger partial charge in [-0.25, -0.2) is 5.01 Å². The molecule has 0 spiro atoms. The highest BCUT2D eigenvalue weighted by atomic mass is 79.9. The van der Waals surface area contributed by atoms with Crippen LogP contribution in [0.2, 0.25) is 15.1 Å². The van der Waals surface area contributed by atoms with Crippen LogP contribution in [0.1, 0.15) is 33.6 Å². The van der Waals surface area contributed by atoms with Crippen LogP contribution in [-0.4, -0.2) is 49.7 Å². The largest absolute Gasteiger partial charge is 0.292 e. The Hall–Kier alpha value is -1.45. The minimum absolute atomic E-state index is 0.000345. The summed E-state index contributed by atoms with van der Waals surface area (Å²) >= 11 is 25.2. The number of halogens is 5. The lowest BCUT2D eigenvalue weighted by molar-refractivity contribution is -0.154. The quantitative estimate of drug-likeness (QED) is 0.233. The Morgan fingerprint density at radius 2 is 1.41 bits per heavy atom. The number of hydrazine groups is 1. The molecule has 0 aromatic heterocycles. The van der Waals surface area contributed by atoms with Gasteiger partial charge in [0.2, 0.25) is 0 Å². The van der Waals surface area contributed by atoms with Crippen LogP contribution in [0.3, 0.4) is 0 Å². The normalized spacial score (nSPS) is 24.2. The molecule has 1 heterocycles. The Balaban J connectivity index is 1.71. The van der Waals surface area contributed by atoms with Gasteiger partial charge in [0.15, 0.2) is 5.78 Å². The lowest BCUT2D eigenvalue weighted by Crippen LogP contribution is -2.52. The summed E-state index contributed by atoms with van der Waals surface area (Å²) in [5.41, 5.74) is 0.295. The molecule has 2 aromatic carbocycles. The van der Waals surface area contributed by atoms with E-state index in [1.165, 1.54) is 42.5 Å². The van der Waals surface area contributed by atoms with E-state index in [0.29, 0.717) is 22.9 Å². The van der Waals surface area contributed by atoms with E-state index >= 15 is 0 Å². The van der Waals surface area contributed by atoms with Gasteiger partial charge in [-0.1, -0.05) is 66.7 Å². The van der Waals surface area contributed by atoms with E-state index in [1.54, 1.807) is 0 Å². The molecule has 6 nitrogen and oxygen atoms in total. The van der Waals surface area contributed by atoms with Crippen molar-refractivity contribution in [3.63, 3.8) is 0 Å². The molecule has 178 valence electrons. The van der Waals surface area contributed by atoms with Crippen LogP contribution in [0.5, 0.6) is 0 Å². The lowest BCUT2D eigenvalue weighted by atomic mass is 9.81. The van der Waals surface area contributed by atoms with Gasteiger partial charge in [-0.05, 0) is 55.3 Å². The fourth-order valence-electron chi connectivity index (χ4n) is 4.23. The molecule has 4 rings (SSSR count). The Morgan fingerprint density at radius 3 is 1.94 bits per heavy atom. The maximum Gasteiger partial charge on any atom is 0.273 e. The number of rotatable bonds is 5. The number of amides is 3. The summed E-state index contributed by atoms with van der Waals surface area (Å²) in [7, 11) is 0. The molecule has 34 heavy (non-hydrogen) atoms. The Bertz CT molecular complexity index is 1150. The van der Waals surface area contributed by atoms with E-state index in [2.05, 4.69) is 31.9 Å². The summed E-state index contributed by atoms with van der Waals surface area (Å²) in [6.07, 6.45) is 0.864. The van der Waals surface area contributed by atoms with Crippen molar-refractivity contribution in [3.05, 3.63) is 68.7 Å². The van der Waals surface area contributed by atoms with Gasteiger partial charge in [-0.2, -0.15) is 5.01 Å². The van der Waals surface area contributed by atoms with Crippen molar-refractivity contribution in [2.75, 3.05) is 6.54 Å². The predicted octanol–water partition coefficient (Wildman–Crippen LogP) is 5.81. The zero-order valence-corrected chi connectivity index (χ0v) is 22.8. The van der Waals surface area contributed by atoms with E-state index in [-0.39, 0.29) is 25.8 Å². The topological polar surface area (TPSA) is 74.8 Å². The maximum atomic E-state index is 13.5. The van der Waals surface area contributed by atoms with Gasteiger partial charge in [0, 0.05) is 30.8 Å². The number of fused-ring (bicyclic) bond motifs is 1. The van der Waals surface area contributed by atoms with Crippen molar-refractivity contribution < 1.29 is 19.2 Å². The predicted molar refractivity (Wildman–Crippen MR) is 137 cm³/mol. The van der Waals surface area contributed by atoms with Crippen LogP contribution >= 0.6 is 66.7 Å². The molecule has 2 aliphatic rings. The van der Waals surface area contributed by atoms with E-state index in [4.69, 9.17) is 34.8 Å². The Labute approximate surface area is 227 Å². The first-order valence-corrected chi connectivity index (χ1v) is 13.3. The summed E-state index contributed by atoms with van der Waals surface area (Å²) in [6, 6.07) is 10.3. The van der Waals surface area contributed by atoms with Crippen LogP contribution in [-0.2, 0) is 9.59 Å². The number of imide groups is 1. The molecule has 0 unspecified atom stereocenters. The molecule has 0 bridgehead atoms. The van der Waals surface area contributed by atoms with Crippen molar-refractivity contribution in [3.8, 4) is 0 Å². The van der Waals surface area contributed by atoms with E-state index < -0.39 is 41.9 Å². The third-order valence-electron chi connectivity index (χ3n) is 5.98. The second-order valence-corrected chi connectivity index (χ2v) is 11.8. The molecule has 1 aliphatic carbocycles. The molecule has 1 aliphatic heterocycles. The Kier molecular flexibility index (Phi) is 7.74. The standard InChI is InChI=1S/C23H17Br2Cl3N2O4/c24-17-8-15-16(9-18(17)25)23(34)30(22(15)33)29(21(32)11-1-3-12(26)4-2-11)10-20(31)14-6-5-13(27)7-19(14)28/h1-7,15-18H,8-10H2/t15-,16-,17+,18+/m1/s1. The molecule has 0 N–H and O–H groups in total. The van der Waals surface area contributed by atoms with Crippen molar-refractivity contribution in [2.24, 2.45) is 11.8 Å². The first kappa shape index (κ1) is 25.6. The van der Waals surface area contributed by atoms with Crippen molar-refractivity contribution in [1.29, 1.82) is 0 Å². The molecule has 11 heteroatoms. The minimum atomic E-state index is -0.679. The fraction of sp³-hybridized carbons (Fsp3) is 0.304. The number of carbonyl (C=O) groups is 4. The summed E-state index contributed by atoms with van der Waals surface area (Å²) in [5, 5.41) is 2.61. The van der Waals surface area contributed by atoms with Crippen molar-refractivity contribution >= 4 is 90.2 Å². The van der Waals surface area contributed by atoms with E-state index in [0.717, 1.165) is 10.0 Å². The number of nitrogens with zero attached hydrogens (tertiary/aromatic N) is 2. The molecule has 1 saturated heterocycles. The average molecular weight is 652 g/mol. The number of hydrogen-bond acceptors (Lipinski definition) is 4. The molecule has 2 aromatic rings. The van der Waals surface area contributed by atoms with Crippen LogP contribution in [0, 0.1) is 11.8 Å². The molecule has 1 saturated carbocycles. The second-order valence-electron chi connectivity index (χ2n) is 8.12. The van der Waals surface area contributed by atoms with Crippen LogP contribution in [0.4, 0.5) is 0 Å². The molecular formula is C23H17Br2Cl3N2O4. The highest BCUT2D eigenvalue weighted by Crippen LogP contribution is 2.43. The summed E-state index contributed by atoms with van der Waals surface area (Å²) in [5.74, 6) is -3.40. The zero-order valence-electron chi connectivity index (χ0n) is 17.4. The zero-order chi connectivity index (χ0) is 24.7. The van der Waals surface area contributed by atoms with Gasteiger partial charge in [0.05, 0.1) is 16.9 Å². The monoisotopic (exact) mass is 648 g/mol. The van der Waals surface area contributed by atoms with Gasteiger partial charge >= 0.3 is 0 Å². The number of carbonyl (C=O) groups excluding carboxylic acids is 4. The minimum Gasteiger partial charge on any atom is -0.292 e. The first-order chi connectivity index (χ1) is 16.1. The molecule has 0 radical (unpaired) electrons. The SMILES string of the molecule is O=C(CN(C(=O)c1ccc(Cl)cc1)N1C(=O)[C@@H]2C[C@H](Br)[C@@H](Br)C[C@H]2C1=O)c1ccc(Cl)cc1Cl. The van der Waals surface area contributed by atoms with Crippen LogP contribution in [0.25, 0.3) is 0 Å². The van der Waals surface area contributed by atoms with Crippen molar-refractivity contribution in [1.82, 2.24) is 10.0 Å². The first-order valence-electron chi connectivity index (χ1n) is 10.3. The molecule has 3 amide bonds. The van der Waals surface area contributed by atoms with E-state index in [1.807, 2.05) is 0 Å². The number of Topliss-reactive ketones (excluding diaryl/α,β-unsaturated/α-hetero) is 1. The lowest BCUT2D eigenvalue weighted by Gasteiger charge is -2.30. The summed E-state index contributed by atoms with van der Waals surface area (Å²) in [4.78, 5) is 53.4. The van der Waals surface area contributed by atoms with Gasteiger partial charge in [0.1, 0.15) is 6.54 Å². The van der Waals surface area contributed by atoms with Gasteiger partial charge in [-0.15, -0.1) is 0 Å². The van der Waals surface area contributed by atoms with Gasteiger partial charge in [0.25, 0.3) is 17.7 Å². The maximum absolute atomic E-state index is 13.5. The molecular weight excluding hydrogens is 634 g/mol. The average Bonchev–Trinajstić information content (AvgIpc) is 3.01. The van der Waals surface area contributed by atoms with E-state index in [9.17, 15) is 19.2 Å². The molecule has 2 fully saturated rings. The third kappa shape index (κ3) is 4.93. The smallest absolute Gasteiger partial charge is 0.273 e. The van der Waals surface area contributed by atoms with Crippen molar-refractivity contribution in [2.45, 2.75) is 22.5 Å². The summed E-state index contributed by atoms with van der Waals surface area (Å²) in [6.45, 7) is -0.560. The fourth-order valence-corrected chi connectivity index (χ4v) is 6.10. The number of hydrogen-bond donors (Lipinski definition) is 0. The number of benzene rings is 2.